The number of hydrogen-bond acceptors (Lipinski definition) is 4. The Hall–Kier alpha value is -0.750. The molecule has 112 valence electrons. The van der Waals surface area contributed by atoms with E-state index in [2.05, 4.69) is 10.6 Å². The highest BCUT2D eigenvalue weighted by Gasteiger charge is 2.35. The van der Waals surface area contributed by atoms with Crippen molar-refractivity contribution in [1.29, 1.82) is 0 Å². The van der Waals surface area contributed by atoms with Crippen LogP contribution in [0.15, 0.2) is 0 Å². The molecule has 3 saturated heterocycles. The molecule has 0 spiro atoms. The van der Waals surface area contributed by atoms with Crippen molar-refractivity contribution in [3.8, 4) is 0 Å². The lowest BCUT2D eigenvalue weighted by Gasteiger charge is -2.41. The molecule has 20 heavy (non-hydrogen) atoms. The number of nitrogens with zero attached hydrogens (tertiary/aromatic N) is 1. The maximum absolute atomic E-state index is 12.4. The van der Waals surface area contributed by atoms with Gasteiger partial charge >= 0.3 is 0 Å². The molecule has 3 heterocycles. The Bertz CT molecular complexity index is 385. The van der Waals surface area contributed by atoms with Gasteiger partial charge in [-0.2, -0.15) is 11.8 Å². The molecule has 3 atom stereocenters. The highest BCUT2D eigenvalue weighted by atomic mass is 32.2. The highest BCUT2D eigenvalue weighted by molar-refractivity contribution is 7.99. The zero-order valence-corrected chi connectivity index (χ0v) is 12.6. The van der Waals surface area contributed by atoms with Gasteiger partial charge in [0.25, 0.3) is 0 Å². The van der Waals surface area contributed by atoms with Crippen LogP contribution in [0.1, 0.15) is 25.7 Å². The first-order valence-electron chi connectivity index (χ1n) is 7.60. The number of nitrogens with one attached hydrogen (secondary N) is 2. The van der Waals surface area contributed by atoms with Crippen molar-refractivity contribution in [2.75, 3.05) is 31.1 Å². The maximum atomic E-state index is 12.4. The van der Waals surface area contributed by atoms with Crippen molar-refractivity contribution in [3.05, 3.63) is 0 Å². The Balaban J connectivity index is 1.50. The topological polar surface area (TPSA) is 61.4 Å². The second kappa shape index (κ2) is 6.35. The van der Waals surface area contributed by atoms with Gasteiger partial charge in [-0.25, -0.2) is 0 Å². The summed E-state index contributed by atoms with van der Waals surface area (Å²) in [6, 6.07) is 0.633. The number of carbonyl (C=O) groups is 2. The fourth-order valence-electron chi connectivity index (χ4n) is 3.43. The fraction of sp³-hybridized carbons (Fsp3) is 0.857. The molecule has 0 saturated carbocycles. The molecule has 2 amide bonds. The van der Waals surface area contributed by atoms with E-state index in [0.717, 1.165) is 44.0 Å². The number of thioether (sulfide) groups is 1. The van der Waals surface area contributed by atoms with Gasteiger partial charge in [0, 0.05) is 56.1 Å². The van der Waals surface area contributed by atoms with Gasteiger partial charge in [-0.15, -0.1) is 0 Å². The summed E-state index contributed by atoms with van der Waals surface area (Å²) in [7, 11) is 0. The summed E-state index contributed by atoms with van der Waals surface area (Å²) in [5, 5.41) is 6.49. The molecule has 0 radical (unpaired) electrons. The molecule has 3 fully saturated rings. The Kier molecular flexibility index (Phi) is 4.51. The average molecular weight is 297 g/mol. The molecule has 0 aliphatic carbocycles. The molecule has 5 nitrogen and oxygen atoms in total. The minimum Gasteiger partial charge on any atom is -0.353 e. The third kappa shape index (κ3) is 3.28. The molecule has 2 N–H and O–H groups in total. The Morgan fingerprint density at radius 3 is 3.10 bits per heavy atom. The van der Waals surface area contributed by atoms with Gasteiger partial charge < -0.3 is 15.5 Å². The zero-order valence-electron chi connectivity index (χ0n) is 11.8. The second-order valence-electron chi connectivity index (χ2n) is 6.03. The SMILES string of the molecule is O=C1CCC2CN(C(=O)CC3CSCCN3)CCC2N1. The van der Waals surface area contributed by atoms with E-state index in [0.29, 0.717) is 30.8 Å². The van der Waals surface area contributed by atoms with Crippen molar-refractivity contribution in [1.82, 2.24) is 15.5 Å². The average Bonchev–Trinajstić information content (AvgIpc) is 2.47. The summed E-state index contributed by atoms with van der Waals surface area (Å²) < 4.78 is 0. The van der Waals surface area contributed by atoms with Crippen LogP contribution in [0.25, 0.3) is 0 Å². The van der Waals surface area contributed by atoms with Gasteiger partial charge in [-0.1, -0.05) is 0 Å². The molecule has 3 rings (SSSR count). The van der Waals surface area contributed by atoms with Gasteiger partial charge in [-0.3, -0.25) is 9.59 Å². The van der Waals surface area contributed by atoms with Crippen LogP contribution in [0.4, 0.5) is 0 Å². The molecular weight excluding hydrogens is 274 g/mol. The standard InChI is InChI=1S/C14H23N3O2S/c18-13-2-1-10-8-17(5-3-12(10)16-13)14(19)7-11-9-20-6-4-15-11/h10-12,15H,1-9H2,(H,16,18). The molecule has 3 aliphatic heterocycles. The Morgan fingerprint density at radius 1 is 1.40 bits per heavy atom. The predicted octanol–water partition coefficient (Wildman–Crippen LogP) is 0.209. The van der Waals surface area contributed by atoms with Crippen LogP contribution in [0, 0.1) is 5.92 Å². The summed E-state index contributed by atoms with van der Waals surface area (Å²) in [6.45, 7) is 2.63. The minimum atomic E-state index is 0.175. The van der Waals surface area contributed by atoms with E-state index in [9.17, 15) is 9.59 Å². The summed E-state index contributed by atoms with van der Waals surface area (Å²) in [6.07, 6.45) is 3.08. The first-order valence-corrected chi connectivity index (χ1v) is 8.76. The fourth-order valence-corrected chi connectivity index (χ4v) is 4.38. The molecular formula is C14H23N3O2S. The van der Waals surface area contributed by atoms with E-state index in [-0.39, 0.29) is 11.8 Å². The van der Waals surface area contributed by atoms with E-state index in [1.54, 1.807) is 0 Å². The van der Waals surface area contributed by atoms with Crippen molar-refractivity contribution >= 4 is 23.6 Å². The second-order valence-corrected chi connectivity index (χ2v) is 7.18. The van der Waals surface area contributed by atoms with Crippen LogP contribution in [0.2, 0.25) is 0 Å². The van der Waals surface area contributed by atoms with Crippen LogP contribution < -0.4 is 10.6 Å². The van der Waals surface area contributed by atoms with Crippen molar-refractivity contribution in [3.63, 3.8) is 0 Å². The Morgan fingerprint density at radius 2 is 2.30 bits per heavy atom. The number of carbonyl (C=O) groups excluding carboxylic acids is 2. The quantitative estimate of drug-likeness (QED) is 0.765. The third-order valence-corrected chi connectivity index (χ3v) is 5.73. The molecule has 0 aromatic heterocycles. The third-order valence-electron chi connectivity index (χ3n) is 4.59. The highest BCUT2D eigenvalue weighted by Crippen LogP contribution is 2.26. The largest absolute Gasteiger partial charge is 0.353 e. The van der Waals surface area contributed by atoms with Crippen LogP contribution in [0.3, 0.4) is 0 Å². The summed E-state index contributed by atoms with van der Waals surface area (Å²) in [5.74, 6) is 3.11. The number of amides is 2. The van der Waals surface area contributed by atoms with E-state index in [4.69, 9.17) is 0 Å². The lowest BCUT2D eigenvalue weighted by atomic mass is 9.85. The van der Waals surface area contributed by atoms with Crippen LogP contribution in [0.5, 0.6) is 0 Å². The van der Waals surface area contributed by atoms with E-state index in [1.165, 1.54) is 0 Å². The summed E-state index contributed by atoms with van der Waals surface area (Å²) >= 11 is 1.93. The molecule has 0 aromatic rings. The van der Waals surface area contributed by atoms with E-state index in [1.807, 2.05) is 16.7 Å². The van der Waals surface area contributed by atoms with Gasteiger partial charge in [0.05, 0.1) is 0 Å². The van der Waals surface area contributed by atoms with Gasteiger partial charge in [0.1, 0.15) is 0 Å². The van der Waals surface area contributed by atoms with Crippen molar-refractivity contribution in [2.45, 2.75) is 37.8 Å². The van der Waals surface area contributed by atoms with Crippen LogP contribution in [-0.2, 0) is 9.59 Å². The number of fused-ring (bicyclic) bond motifs is 1. The number of hydrogen-bond donors (Lipinski definition) is 2. The normalized spacial score (nSPS) is 34.3. The Labute approximate surface area is 124 Å². The molecule has 3 aliphatic rings. The molecule has 6 heteroatoms. The predicted molar refractivity (Wildman–Crippen MR) is 79.6 cm³/mol. The monoisotopic (exact) mass is 297 g/mol. The maximum Gasteiger partial charge on any atom is 0.224 e. The van der Waals surface area contributed by atoms with Crippen molar-refractivity contribution < 1.29 is 9.59 Å². The zero-order chi connectivity index (χ0) is 13.9. The summed E-state index contributed by atoms with van der Waals surface area (Å²) in [4.78, 5) is 25.8. The number of likely N-dealkylation sites (tertiary alicyclic amines) is 1. The number of piperidine rings is 2. The smallest absolute Gasteiger partial charge is 0.224 e. The van der Waals surface area contributed by atoms with E-state index >= 15 is 0 Å². The molecule has 3 unspecified atom stereocenters. The first kappa shape index (κ1) is 14.2. The van der Waals surface area contributed by atoms with Gasteiger partial charge in [0.15, 0.2) is 0 Å². The van der Waals surface area contributed by atoms with E-state index < -0.39 is 0 Å². The summed E-state index contributed by atoms with van der Waals surface area (Å²) in [5.41, 5.74) is 0. The van der Waals surface area contributed by atoms with Gasteiger partial charge in [-0.05, 0) is 18.8 Å². The van der Waals surface area contributed by atoms with Crippen molar-refractivity contribution in [2.24, 2.45) is 5.92 Å². The van der Waals surface area contributed by atoms with Crippen LogP contribution >= 0.6 is 11.8 Å². The minimum absolute atomic E-state index is 0.175. The van der Waals surface area contributed by atoms with Crippen LogP contribution in [-0.4, -0.2) is 59.9 Å². The molecule has 0 aromatic carbocycles. The number of rotatable bonds is 2. The van der Waals surface area contributed by atoms with Gasteiger partial charge in [0.2, 0.25) is 11.8 Å². The lowest BCUT2D eigenvalue weighted by Crippen LogP contribution is -2.55. The first-order chi connectivity index (χ1) is 9.72. The molecule has 0 bridgehead atoms. The lowest BCUT2D eigenvalue weighted by molar-refractivity contribution is -0.135.